The molecule has 1 fully saturated rings. The van der Waals surface area contributed by atoms with Crippen LogP contribution in [0.25, 0.3) is 6.08 Å². The maximum atomic E-state index is 12.7. The van der Waals surface area contributed by atoms with Crippen LogP contribution in [-0.2, 0) is 4.79 Å². The molecule has 1 aliphatic heterocycles. The van der Waals surface area contributed by atoms with Gasteiger partial charge in [-0.05, 0) is 91.0 Å². The van der Waals surface area contributed by atoms with E-state index in [1.807, 2.05) is 0 Å². The number of rotatable bonds is 8. The summed E-state index contributed by atoms with van der Waals surface area (Å²) in [6.07, 6.45) is 1.67. The van der Waals surface area contributed by atoms with Crippen LogP contribution in [0.4, 0.5) is 5.69 Å². The number of nitrogens with one attached hydrogen (secondary N) is 1. The number of benzene rings is 3. The molecule has 1 N–H and O–H groups in total. The number of esters is 1. The van der Waals surface area contributed by atoms with Gasteiger partial charge in [0.25, 0.3) is 5.91 Å². The number of thioether (sulfide) groups is 1. The highest BCUT2D eigenvalue weighted by molar-refractivity contribution is 8.18. The fourth-order valence-electron chi connectivity index (χ4n) is 3.32. The third-order valence-corrected chi connectivity index (χ3v) is 6.29. The van der Waals surface area contributed by atoms with Crippen LogP contribution in [0.5, 0.6) is 23.0 Å². The van der Waals surface area contributed by atoms with Gasteiger partial charge in [0.15, 0.2) is 16.7 Å². The number of amidine groups is 1. The van der Waals surface area contributed by atoms with Crippen molar-refractivity contribution < 1.29 is 28.5 Å². The zero-order valence-corrected chi connectivity index (χ0v) is 21.8. The van der Waals surface area contributed by atoms with Gasteiger partial charge in [0.1, 0.15) is 11.5 Å². The van der Waals surface area contributed by atoms with Crippen LogP contribution < -0.4 is 24.3 Å². The van der Waals surface area contributed by atoms with Crippen molar-refractivity contribution in [1.29, 1.82) is 0 Å². The van der Waals surface area contributed by atoms with Crippen molar-refractivity contribution in [3.05, 3.63) is 81.7 Å². The second kappa shape index (κ2) is 11.9. The van der Waals surface area contributed by atoms with Crippen LogP contribution in [-0.4, -0.2) is 37.9 Å². The first-order chi connectivity index (χ1) is 17.9. The molecule has 0 radical (unpaired) electrons. The van der Waals surface area contributed by atoms with Gasteiger partial charge in [-0.3, -0.25) is 4.79 Å². The zero-order chi connectivity index (χ0) is 26.4. The van der Waals surface area contributed by atoms with Crippen molar-refractivity contribution in [2.45, 2.75) is 6.92 Å². The summed E-state index contributed by atoms with van der Waals surface area (Å²) in [5.74, 6) is 0.819. The number of aliphatic imine (C=N–C) groups is 1. The van der Waals surface area contributed by atoms with Gasteiger partial charge in [-0.25, -0.2) is 9.79 Å². The van der Waals surface area contributed by atoms with Crippen LogP contribution in [0, 0.1) is 0 Å². The molecular weight excluding hydrogens is 516 g/mol. The van der Waals surface area contributed by atoms with E-state index in [0.717, 1.165) is 0 Å². The highest BCUT2D eigenvalue weighted by atomic mass is 35.5. The van der Waals surface area contributed by atoms with E-state index in [1.54, 1.807) is 87.9 Å². The molecular formula is C27H23ClN2O6S. The highest BCUT2D eigenvalue weighted by Crippen LogP contribution is 2.39. The van der Waals surface area contributed by atoms with Crippen LogP contribution in [0.15, 0.2) is 70.6 Å². The molecule has 1 saturated heterocycles. The van der Waals surface area contributed by atoms with E-state index in [1.165, 1.54) is 11.8 Å². The number of methoxy groups -OCH3 is 2. The molecule has 0 spiro atoms. The Balaban J connectivity index is 1.56. The summed E-state index contributed by atoms with van der Waals surface area (Å²) in [7, 11) is 3.13. The fourth-order valence-corrected chi connectivity index (χ4v) is 4.42. The van der Waals surface area contributed by atoms with Crippen molar-refractivity contribution in [3.8, 4) is 23.0 Å². The minimum Gasteiger partial charge on any atom is -0.497 e. The van der Waals surface area contributed by atoms with Crippen LogP contribution in [0.3, 0.4) is 0 Å². The Hall–Kier alpha value is -3.95. The molecule has 3 aromatic carbocycles. The van der Waals surface area contributed by atoms with Crippen LogP contribution >= 0.6 is 23.4 Å². The molecule has 0 bridgehead atoms. The number of ether oxygens (including phenoxy) is 4. The first-order valence-electron chi connectivity index (χ1n) is 11.2. The smallest absolute Gasteiger partial charge is 0.343 e. The quantitative estimate of drug-likeness (QED) is 0.218. The minimum absolute atomic E-state index is 0.0942. The van der Waals surface area contributed by atoms with Crippen molar-refractivity contribution in [3.63, 3.8) is 0 Å². The lowest BCUT2D eigenvalue weighted by molar-refractivity contribution is -0.115. The first kappa shape index (κ1) is 26.1. The molecule has 0 aliphatic carbocycles. The predicted molar refractivity (Wildman–Crippen MR) is 144 cm³/mol. The topological polar surface area (TPSA) is 95.5 Å². The van der Waals surface area contributed by atoms with E-state index in [2.05, 4.69) is 10.3 Å². The van der Waals surface area contributed by atoms with E-state index >= 15 is 0 Å². The van der Waals surface area contributed by atoms with Gasteiger partial charge in [-0.2, -0.15) is 0 Å². The van der Waals surface area contributed by atoms with E-state index in [0.29, 0.717) is 45.0 Å². The molecule has 0 aromatic heterocycles. The van der Waals surface area contributed by atoms with E-state index < -0.39 is 5.97 Å². The second-order valence-electron chi connectivity index (χ2n) is 7.56. The minimum atomic E-state index is -0.596. The number of hydrogen-bond donors (Lipinski definition) is 1. The van der Waals surface area contributed by atoms with Gasteiger partial charge >= 0.3 is 5.97 Å². The molecule has 3 aromatic rings. The molecule has 0 atom stereocenters. The number of carbonyl (C=O) groups excluding carboxylic acids is 2. The van der Waals surface area contributed by atoms with Crippen molar-refractivity contribution in [2.24, 2.45) is 4.99 Å². The zero-order valence-electron chi connectivity index (χ0n) is 20.2. The number of hydrogen-bond acceptors (Lipinski definition) is 8. The molecule has 8 nitrogen and oxygen atoms in total. The molecule has 1 amide bonds. The number of amides is 1. The first-order valence-corrected chi connectivity index (χ1v) is 12.4. The molecule has 1 aliphatic rings. The van der Waals surface area contributed by atoms with Crippen LogP contribution in [0.1, 0.15) is 22.8 Å². The van der Waals surface area contributed by atoms with Crippen molar-refractivity contribution >= 4 is 52.2 Å². The Morgan fingerprint density at radius 2 is 1.68 bits per heavy atom. The molecule has 1 heterocycles. The summed E-state index contributed by atoms with van der Waals surface area (Å²) in [6.45, 7) is 2.12. The summed E-state index contributed by atoms with van der Waals surface area (Å²) in [5.41, 5.74) is 1.60. The Morgan fingerprint density at radius 3 is 2.30 bits per heavy atom. The second-order valence-corrected chi connectivity index (χ2v) is 9.00. The van der Waals surface area contributed by atoms with Gasteiger partial charge in [0.2, 0.25) is 0 Å². The summed E-state index contributed by atoms with van der Waals surface area (Å²) in [6, 6.07) is 16.9. The monoisotopic (exact) mass is 538 g/mol. The summed E-state index contributed by atoms with van der Waals surface area (Å²) < 4.78 is 21.5. The van der Waals surface area contributed by atoms with Gasteiger partial charge < -0.3 is 24.3 Å². The highest BCUT2D eigenvalue weighted by Gasteiger charge is 2.25. The van der Waals surface area contributed by atoms with Gasteiger partial charge in [-0.1, -0.05) is 11.6 Å². The summed E-state index contributed by atoms with van der Waals surface area (Å²) in [5, 5.41) is 3.36. The summed E-state index contributed by atoms with van der Waals surface area (Å²) >= 11 is 7.68. The van der Waals surface area contributed by atoms with Gasteiger partial charge in [0, 0.05) is 0 Å². The maximum absolute atomic E-state index is 12.7. The van der Waals surface area contributed by atoms with E-state index in [-0.39, 0.29) is 22.4 Å². The third kappa shape index (κ3) is 6.44. The van der Waals surface area contributed by atoms with Crippen molar-refractivity contribution in [1.82, 2.24) is 5.32 Å². The average Bonchev–Trinajstić information content (AvgIpc) is 3.24. The Morgan fingerprint density at radius 1 is 1.03 bits per heavy atom. The van der Waals surface area contributed by atoms with Crippen LogP contribution in [0.2, 0.25) is 5.02 Å². The van der Waals surface area contributed by atoms with Gasteiger partial charge in [0.05, 0.1) is 42.0 Å². The Labute approximate surface area is 223 Å². The maximum Gasteiger partial charge on any atom is 0.343 e. The SMILES string of the molecule is CCOc1cc(/C=C2\SC(=Nc3ccc(OC)cc3)NC2=O)cc(Cl)c1OC(=O)c1ccc(OC)cc1. The van der Waals surface area contributed by atoms with E-state index in [9.17, 15) is 9.59 Å². The molecule has 37 heavy (non-hydrogen) atoms. The lowest BCUT2D eigenvalue weighted by Crippen LogP contribution is -2.19. The number of nitrogens with zero attached hydrogens (tertiary/aromatic N) is 1. The molecule has 190 valence electrons. The molecule has 0 saturated carbocycles. The van der Waals surface area contributed by atoms with Gasteiger partial charge in [-0.15, -0.1) is 0 Å². The predicted octanol–water partition coefficient (Wildman–Crippen LogP) is 5.87. The lowest BCUT2D eigenvalue weighted by Gasteiger charge is -2.13. The average molecular weight is 539 g/mol. The Bertz CT molecular complexity index is 1370. The van der Waals surface area contributed by atoms with E-state index in [4.69, 9.17) is 30.5 Å². The lowest BCUT2D eigenvalue weighted by atomic mass is 10.1. The van der Waals surface area contributed by atoms with Crippen molar-refractivity contribution in [2.75, 3.05) is 20.8 Å². The largest absolute Gasteiger partial charge is 0.497 e. The number of halogens is 1. The Kier molecular flexibility index (Phi) is 8.37. The standard InChI is InChI=1S/C27H23ClN2O6S/c1-4-35-22-14-16(13-21(28)24(22)36-26(32)17-5-9-19(33-2)10-6-17)15-23-25(31)30-27(37-23)29-18-7-11-20(34-3)12-8-18/h5-15H,4H2,1-3H3,(H,29,30,31)/b23-15-. The number of carbonyl (C=O) groups is 2. The molecule has 10 heteroatoms. The summed E-state index contributed by atoms with van der Waals surface area (Å²) in [4.78, 5) is 30.1. The third-order valence-electron chi connectivity index (χ3n) is 5.10. The molecule has 4 rings (SSSR count). The molecule has 0 unspecified atom stereocenters. The fraction of sp³-hybridized carbons (Fsp3) is 0.148. The normalized spacial score (nSPS) is 15.0.